The minimum absolute atomic E-state index is 0.158. The number of β-amino-alcohol motifs (C(OH)–C–C–N with tert-alkyl or cyclic N) is 1. The summed E-state index contributed by atoms with van der Waals surface area (Å²) in [4.78, 5) is 15.4. The second-order valence-corrected chi connectivity index (χ2v) is 5.26. The molecule has 0 aromatic carbocycles. The number of piperidine rings is 1. The Bertz CT molecular complexity index is 269. The number of carbonyl (C=O) groups is 1. The third kappa shape index (κ3) is 3.40. The molecule has 0 saturated carbocycles. The summed E-state index contributed by atoms with van der Waals surface area (Å²) in [6.07, 6.45) is 1.67. The molecule has 2 fully saturated rings. The van der Waals surface area contributed by atoms with Crippen molar-refractivity contribution >= 4 is 5.91 Å². The zero-order chi connectivity index (χ0) is 12.3. The molecule has 0 aliphatic carbocycles. The van der Waals surface area contributed by atoms with Crippen molar-refractivity contribution in [2.75, 3.05) is 45.8 Å². The van der Waals surface area contributed by atoms with Gasteiger partial charge in [0.2, 0.25) is 5.91 Å². The lowest BCUT2D eigenvalue weighted by Crippen LogP contribution is -2.55. The maximum Gasteiger partial charge on any atom is 0.219 e. The van der Waals surface area contributed by atoms with E-state index < -0.39 is 5.60 Å². The molecule has 0 aromatic rings. The fraction of sp³-hybridized carbons (Fsp3) is 0.917. The minimum Gasteiger partial charge on any atom is -0.388 e. The predicted octanol–water partition coefficient (Wildman–Crippen LogP) is -0.735. The second kappa shape index (κ2) is 5.33. The van der Waals surface area contributed by atoms with Crippen molar-refractivity contribution in [3.63, 3.8) is 0 Å². The lowest BCUT2D eigenvalue weighted by Gasteiger charge is -2.40. The molecule has 0 spiro atoms. The molecule has 2 aliphatic heterocycles. The number of carbonyl (C=O) groups excluding carboxylic acids is 1. The van der Waals surface area contributed by atoms with Gasteiger partial charge in [0.05, 0.1) is 5.60 Å². The van der Waals surface area contributed by atoms with Crippen molar-refractivity contribution in [3.8, 4) is 0 Å². The summed E-state index contributed by atoms with van der Waals surface area (Å²) in [7, 11) is 0. The lowest BCUT2D eigenvalue weighted by atomic mass is 9.91. The summed E-state index contributed by atoms with van der Waals surface area (Å²) in [5, 5.41) is 13.7. The number of rotatable bonds is 2. The number of nitrogens with zero attached hydrogens (tertiary/aromatic N) is 2. The van der Waals surface area contributed by atoms with E-state index in [0.717, 1.165) is 58.7 Å². The van der Waals surface area contributed by atoms with Crippen molar-refractivity contribution in [1.29, 1.82) is 0 Å². The van der Waals surface area contributed by atoms with Crippen LogP contribution in [0.5, 0.6) is 0 Å². The summed E-state index contributed by atoms with van der Waals surface area (Å²) >= 11 is 0. The first-order valence-corrected chi connectivity index (χ1v) is 6.50. The van der Waals surface area contributed by atoms with Crippen LogP contribution in [-0.2, 0) is 4.79 Å². The Balaban J connectivity index is 1.79. The van der Waals surface area contributed by atoms with Gasteiger partial charge in [-0.2, -0.15) is 0 Å². The number of hydrogen-bond donors (Lipinski definition) is 2. The molecule has 2 aliphatic rings. The molecule has 5 heteroatoms. The fourth-order valence-corrected chi connectivity index (χ4v) is 2.69. The van der Waals surface area contributed by atoms with Gasteiger partial charge in [-0.1, -0.05) is 0 Å². The van der Waals surface area contributed by atoms with E-state index in [1.54, 1.807) is 6.92 Å². The molecular weight excluding hydrogens is 218 g/mol. The monoisotopic (exact) mass is 241 g/mol. The number of piperazine rings is 1. The second-order valence-electron chi connectivity index (χ2n) is 5.26. The minimum atomic E-state index is -0.524. The van der Waals surface area contributed by atoms with E-state index in [1.807, 2.05) is 4.90 Å². The van der Waals surface area contributed by atoms with Crippen molar-refractivity contribution < 1.29 is 9.90 Å². The number of hydrogen-bond acceptors (Lipinski definition) is 4. The molecule has 0 atom stereocenters. The third-order valence-corrected chi connectivity index (χ3v) is 3.87. The Morgan fingerprint density at radius 1 is 1.24 bits per heavy atom. The molecule has 0 aromatic heterocycles. The van der Waals surface area contributed by atoms with Gasteiger partial charge >= 0.3 is 0 Å². The van der Waals surface area contributed by atoms with Crippen molar-refractivity contribution in [1.82, 2.24) is 15.1 Å². The molecular formula is C12H23N3O2. The maximum atomic E-state index is 11.2. The zero-order valence-electron chi connectivity index (χ0n) is 10.6. The van der Waals surface area contributed by atoms with E-state index in [1.165, 1.54) is 0 Å². The van der Waals surface area contributed by atoms with Crippen LogP contribution in [0.15, 0.2) is 0 Å². The Morgan fingerprint density at radius 3 is 2.35 bits per heavy atom. The van der Waals surface area contributed by atoms with Gasteiger partial charge in [-0.05, 0) is 25.9 Å². The van der Waals surface area contributed by atoms with Gasteiger partial charge < -0.3 is 15.3 Å². The first-order valence-electron chi connectivity index (χ1n) is 6.50. The van der Waals surface area contributed by atoms with Gasteiger partial charge in [0.15, 0.2) is 0 Å². The van der Waals surface area contributed by atoms with E-state index in [4.69, 9.17) is 0 Å². The molecule has 2 rings (SSSR count). The van der Waals surface area contributed by atoms with Crippen molar-refractivity contribution in [2.24, 2.45) is 0 Å². The van der Waals surface area contributed by atoms with Crippen molar-refractivity contribution in [3.05, 3.63) is 0 Å². The van der Waals surface area contributed by atoms with Crippen LogP contribution >= 0.6 is 0 Å². The predicted molar refractivity (Wildman–Crippen MR) is 65.7 cm³/mol. The Hall–Kier alpha value is -0.650. The van der Waals surface area contributed by atoms with E-state index in [-0.39, 0.29) is 5.91 Å². The molecule has 2 N–H and O–H groups in total. The standard InChI is InChI=1S/C12H23N3O2/c1-11(16)15-8-6-14(7-9-15)10-12(17)2-4-13-5-3-12/h13,17H,2-10H2,1H3. The Labute approximate surface area is 103 Å². The average molecular weight is 241 g/mol. The summed E-state index contributed by atoms with van der Waals surface area (Å²) in [6, 6.07) is 0. The normalized spacial score (nSPS) is 25.9. The first kappa shape index (κ1) is 12.8. The third-order valence-electron chi connectivity index (χ3n) is 3.87. The van der Waals surface area contributed by atoms with Crippen LogP contribution in [0.25, 0.3) is 0 Å². The Kier molecular flexibility index (Phi) is 4.01. The maximum absolute atomic E-state index is 11.2. The molecule has 0 unspecified atom stereocenters. The lowest BCUT2D eigenvalue weighted by molar-refractivity contribution is -0.131. The number of aliphatic hydroxyl groups is 1. The van der Waals surface area contributed by atoms with Gasteiger partial charge in [-0.25, -0.2) is 0 Å². The van der Waals surface area contributed by atoms with Crippen molar-refractivity contribution in [2.45, 2.75) is 25.4 Å². The van der Waals surface area contributed by atoms with Crippen LogP contribution in [0, 0.1) is 0 Å². The van der Waals surface area contributed by atoms with Crippen LogP contribution in [-0.4, -0.2) is 72.2 Å². The SMILES string of the molecule is CC(=O)N1CCN(CC2(O)CCNCC2)CC1. The number of nitrogens with one attached hydrogen (secondary N) is 1. The van der Waals surface area contributed by atoms with Crippen LogP contribution in [0.4, 0.5) is 0 Å². The van der Waals surface area contributed by atoms with Gasteiger partial charge in [-0.15, -0.1) is 0 Å². The highest BCUT2D eigenvalue weighted by Crippen LogP contribution is 2.20. The van der Waals surface area contributed by atoms with Crippen LogP contribution in [0.3, 0.4) is 0 Å². The molecule has 5 nitrogen and oxygen atoms in total. The Morgan fingerprint density at radius 2 is 1.82 bits per heavy atom. The van der Waals surface area contributed by atoms with Gasteiger partial charge in [0, 0.05) is 39.6 Å². The molecule has 98 valence electrons. The van der Waals surface area contributed by atoms with E-state index >= 15 is 0 Å². The molecule has 2 saturated heterocycles. The number of amides is 1. The summed E-state index contributed by atoms with van der Waals surface area (Å²) in [5.41, 5.74) is -0.524. The molecule has 0 radical (unpaired) electrons. The van der Waals surface area contributed by atoms with Crippen LogP contribution < -0.4 is 5.32 Å². The quantitative estimate of drug-likeness (QED) is 0.669. The largest absolute Gasteiger partial charge is 0.388 e. The van der Waals surface area contributed by atoms with E-state index in [9.17, 15) is 9.90 Å². The van der Waals surface area contributed by atoms with Crippen LogP contribution in [0.1, 0.15) is 19.8 Å². The first-order chi connectivity index (χ1) is 8.09. The molecule has 1 amide bonds. The summed E-state index contributed by atoms with van der Waals surface area (Å²) < 4.78 is 0. The highest BCUT2D eigenvalue weighted by Gasteiger charge is 2.32. The van der Waals surface area contributed by atoms with Gasteiger partial charge in [-0.3, -0.25) is 9.69 Å². The summed E-state index contributed by atoms with van der Waals surface area (Å²) in [5.74, 6) is 0.158. The topological polar surface area (TPSA) is 55.8 Å². The molecule has 0 bridgehead atoms. The summed E-state index contributed by atoms with van der Waals surface area (Å²) in [6.45, 7) is 7.54. The zero-order valence-corrected chi connectivity index (χ0v) is 10.6. The van der Waals surface area contributed by atoms with Gasteiger partial charge in [0.1, 0.15) is 0 Å². The molecule has 2 heterocycles. The van der Waals surface area contributed by atoms with Gasteiger partial charge in [0.25, 0.3) is 0 Å². The van der Waals surface area contributed by atoms with Crippen LogP contribution in [0.2, 0.25) is 0 Å². The molecule has 17 heavy (non-hydrogen) atoms. The van der Waals surface area contributed by atoms with E-state index in [0.29, 0.717) is 0 Å². The smallest absolute Gasteiger partial charge is 0.219 e. The average Bonchev–Trinajstić information content (AvgIpc) is 2.30. The fourth-order valence-electron chi connectivity index (χ4n) is 2.69. The van der Waals surface area contributed by atoms with E-state index in [2.05, 4.69) is 10.2 Å². The highest BCUT2D eigenvalue weighted by atomic mass is 16.3. The highest BCUT2D eigenvalue weighted by molar-refractivity contribution is 5.73.